The van der Waals surface area contributed by atoms with Crippen LogP contribution >= 0.6 is 0 Å². The van der Waals surface area contributed by atoms with E-state index in [0.717, 1.165) is 32.1 Å². The lowest BCUT2D eigenvalue weighted by Gasteiger charge is -2.21. The van der Waals surface area contributed by atoms with Gasteiger partial charge in [0.25, 0.3) is 0 Å². The lowest BCUT2D eigenvalue weighted by molar-refractivity contribution is -0.155. The summed E-state index contributed by atoms with van der Waals surface area (Å²) in [6.45, 7) is 2.11. The van der Waals surface area contributed by atoms with Crippen molar-refractivity contribution in [2.75, 3.05) is 0 Å². The second kappa shape index (κ2) is 7.92. The number of carbonyl (C=O) groups excluding carboxylic acids is 2. The van der Waals surface area contributed by atoms with E-state index in [-0.39, 0.29) is 5.78 Å². The fourth-order valence-electron chi connectivity index (χ4n) is 2.21. The van der Waals surface area contributed by atoms with Crippen LogP contribution in [0.2, 0.25) is 0 Å². The lowest BCUT2D eigenvalue weighted by Crippen LogP contribution is -2.31. The van der Waals surface area contributed by atoms with Gasteiger partial charge in [-0.1, -0.05) is 32.1 Å². The predicted molar refractivity (Wildman–Crippen MR) is 69.8 cm³/mol. The van der Waals surface area contributed by atoms with Crippen molar-refractivity contribution in [3.8, 4) is 12.3 Å². The Kier molecular flexibility index (Phi) is 6.49. The van der Waals surface area contributed by atoms with Crippen molar-refractivity contribution in [3.05, 3.63) is 0 Å². The van der Waals surface area contributed by atoms with Crippen LogP contribution < -0.4 is 0 Å². The van der Waals surface area contributed by atoms with E-state index in [9.17, 15) is 9.59 Å². The van der Waals surface area contributed by atoms with Crippen LogP contribution in [0.5, 0.6) is 0 Å². The summed E-state index contributed by atoms with van der Waals surface area (Å²) in [4.78, 5) is 23.5. The number of Topliss-reactive ketones (excluding diaryl/α,β-unsaturated/α-hetero) is 1. The molecular formula is C15H22O3. The monoisotopic (exact) mass is 250 g/mol. The standard InChI is InChI=1S/C15H22O3/c1-3-5-6-9-12(4-2)18-15(17)13-10-7-8-11-14(13)16/h2,12-13H,3,5-11H2,1H3. The lowest BCUT2D eigenvalue weighted by atomic mass is 9.88. The van der Waals surface area contributed by atoms with Gasteiger partial charge in [0.1, 0.15) is 11.7 Å². The van der Waals surface area contributed by atoms with Gasteiger partial charge < -0.3 is 4.74 Å². The molecule has 0 spiro atoms. The molecule has 0 amide bonds. The molecule has 1 aliphatic carbocycles. The molecule has 0 heterocycles. The smallest absolute Gasteiger partial charge is 0.317 e. The van der Waals surface area contributed by atoms with E-state index < -0.39 is 18.0 Å². The van der Waals surface area contributed by atoms with E-state index in [2.05, 4.69) is 12.8 Å². The van der Waals surface area contributed by atoms with Crippen LogP contribution in [0, 0.1) is 18.3 Å². The summed E-state index contributed by atoms with van der Waals surface area (Å²) in [5.74, 6) is 1.52. The van der Waals surface area contributed by atoms with Crippen LogP contribution in [0.4, 0.5) is 0 Å². The number of rotatable bonds is 6. The highest BCUT2D eigenvalue weighted by Gasteiger charge is 2.31. The molecule has 1 aliphatic rings. The van der Waals surface area contributed by atoms with Crippen molar-refractivity contribution in [2.24, 2.45) is 5.92 Å². The first kappa shape index (κ1) is 14.8. The van der Waals surface area contributed by atoms with Crippen molar-refractivity contribution in [1.29, 1.82) is 0 Å². The number of hydrogen-bond donors (Lipinski definition) is 0. The van der Waals surface area contributed by atoms with Crippen LogP contribution in [-0.2, 0) is 14.3 Å². The highest BCUT2D eigenvalue weighted by atomic mass is 16.5. The van der Waals surface area contributed by atoms with Gasteiger partial charge in [0.05, 0.1) is 0 Å². The second-order valence-electron chi connectivity index (χ2n) is 4.85. The Morgan fingerprint density at radius 3 is 2.89 bits per heavy atom. The summed E-state index contributed by atoms with van der Waals surface area (Å²) in [7, 11) is 0. The Hall–Kier alpha value is -1.30. The number of carbonyl (C=O) groups is 2. The van der Waals surface area contributed by atoms with Gasteiger partial charge in [0.15, 0.2) is 6.10 Å². The van der Waals surface area contributed by atoms with Crippen molar-refractivity contribution in [3.63, 3.8) is 0 Å². The number of esters is 1. The Morgan fingerprint density at radius 2 is 2.28 bits per heavy atom. The predicted octanol–water partition coefficient (Wildman–Crippen LogP) is 2.87. The molecule has 0 aromatic heterocycles. The first-order chi connectivity index (χ1) is 8.69. The third kappa shape index (κ3) is 4.52. The number of terminal acetylenes is 1. The van der Waals surface area contributed by atoms with Gasteiger partial charge in [-0.05, 0) is 25.7 Å². The van der Waals surface area contributed by atoms with Gasteiger partial charge in [0, 0.05) is 6.42 Å². The van der Waals surface area contributed by atoms with Gasteiger partial charge in [-0.25, -0.2) is 0 Å². The van der Waals surface area contributed by atoms with Crippen molar-refractivity contribution in [2.45, 2.75) is 64.4 Å². The maximum absolute atomic E-state index is 11.9. The summed E-state index contributed by atoms with van der Waals surface area (Å²) in [5, 5.41) is 0. The molecule has 3 nitrogen and oxygen atoms in total. The molecule has 1 fully saturated rings. The summed E-state index contributed by atoms with van der Waals surface area (Å²) in [5.41, 5.74) is 0. The minimum Gasteiger partial charge on any atom is -0.449 e. The van der Waals surface area contributed by atoms with Crippen LogP contribution in [0.3, 0.4) is 0 Å². The summed E-state index contributed by atoms with van der Waals surface area (Å²) < 4.78 is 5.26. The van der Waals surface area contributed by atoms with E-state index in [1.54, 1.807) is 0 Å². The zero-order chi connectivity index (χ0) is 13.4. The molecule has 3 heteroatoms. The molecule has 1 saturated carbocycles. The normalized spacial score (nSPS) is 21.1. The molecule has 1 rings (SSSR count). The van der Waals surface area contributed by atoms with Gasteiger partial charge in [0.2, 0.25) is 0 Å². The van der Waals surface area contributed by atoms with Gasteiger partial charge >= 0.3 is 5.97 Å². The zero-order valence-electron chi connectivity index (χ0n) is 11.1. The molecular weight excluding hydrogens is 228 g/mol. The van der Waals surface area contributed by atoms with Crippen molar-refractivity contribution < 1.29 is 14.3 Å². The Morgan fingerprint density at radius 1 is 1.50 bits per heavy atom. The highest BCUT2D eigenvalue weighted by molar-refractivity contribution is 5.99. The van der Waals surface area contributed by atoms with Gasteiger partial charge in [-0.2, -0.15) is 0 Å². The Bertz CT molecular complexity index is 327. The van der Waals surface area contributed by atoms with Gasteiger partial charge in [-0.3, -0.25) is 9.59 Å². The quantitative estimate of drug-likeness (QED) is 0.315. The first-order valence-electron chi connectivity index (χ1n) is 6.88. The molecule has 100 valence electrons. The largest absolute Gasteiger partial charge is 0.449 e. The molecule has 0 bridgehead atoms. The number of ether oxygens (including phenoxy) is 1. The van der Waals surface area contributed by atoms with Gasteiger partial charge in [-0.15, -0.1) is 6.42 Å². The van der Waals surface area contributed by atoms with E-state index in [1.807, 2.05) is 0 Å². The van der Waals surface area contributed by atoms with Crippen LogP contribution in [0.1, 0.15) is 58.3 Å². The average Bonchev–Trinajstić information content (AvgIpc) is 2.38. The third-order valence-electron chi connectivity index (χ3n) is 3.35. The van der Waals surface area contributed by atoms with E-state index in [1.165, 1.54) is 0 Å². The molecule has 2 unspecified atom stereocenters. The van der Waals surface area contributed by atoms with Crippen LogP contribution in [-0.4, -0.2) is 17.9 Å². The maximum atomic E-state index is 11.9. The number of hydrogen-bond acceptors (Lipinski definition) is 3. The Balaban J connectivity index is 2.41. The van der Waals surface area contributed by atoms with Crippen molar-refractivity contribution >= 4 is 11.8 Å². The minimum absolute atomic E-state index is 0.00980. The molecule has 0 radical (unpaired) electrons. The summed E-state index contributed by atoms with van der Waals surface area (Å²) in [6, 6.07) is 0. The minimum atomic E-state index is -0.569. The fraction of sp³-hybridized carbons (Fsp3) is 0.733. The molecule has 0 aliphatic heterocycles. The maximum Gasteiger partial charge on any atom is 0.317 e. The SMILES string of the molecule is C#CC(CCCCC)OC(=O)C1CCCCC1=O. The molecule has 0 saturated heterocycles. The summed E-state index contributed by atoms with van der Waals surface area (Å²) >= 11 is 0. The van der Waals surface area contributed by atoms with Crippen molar-refractivity contribution in [1.82, 2.24) is 0 Å². The molecule has 0 N–H and O–H groups in total. The van der Waals surface area contributed by atoms with E-state index in [0.29, 0.717) is 19.3 Å². The molecule has 2 atom stereocenters. The molecule has 18 heavy (non-hydrogen) atoms. The average molecular weight is 250 g/mol. The first-order valence-corrected chi connectivity index (χ1v) is 6.88. The second-order valence-corrected chi connectivity index (χ2v) is 4.85. The number of ketones is 1. The topological polar surface area (TPSA) is 43.4 Å². The van der Waals surface area contributed by atoms with E-state index in [4.69, 9.17) is 11.2 Å². The van der Waals surface area contributed by atoms with Crippen LogP contribution in [0.15, 0.2) is 0 Å². The summed E-state index contributed by atoms with van der Waals surface area (Å²) in [6.07, 6.45) is 11.6. The third-order valence-corrected chi connectivity index (χ3v) is 3.35. The Labute approximate surface area is 109 Å². The highest BCUT2D eigenvalue weighted by Crippen LogP contribution is 2.22. The molecule has 0 aromatic rings. The molecule has 0 aromatic carbocycles. The fourth-order valence-corrected chi connectivity index (χ4v) is 2.21. The number of unbranched alkanes of at least 4 members (excludes halogenated alkanes) is 2. The van der Waals surface area contributed by atoms with Crippen LogP contribution in [0.25, 0.3) is 0 Å². The van der Waals surface area contributed by atoms with E-state index >= 15 is 0 Å². The zero-order valence-corrected chi connectivity index (χ0v) is 11.1.